The molecule has 0 spiro atoms. The van der Waals surface area contributed by atoms with E-state index in [9.17, 15) is 4.39 Å². The molecule has 0 radical (unpaired) electrons. The van der Waals surface area contributed by atoms with Gasteiger partial charge in [0, 0.05) is 31.7 Å². The molecule has 0 N–H and O–H groups in total. The number of rotatable bonds is 7. The largest absolute Gasteiger partial charge is 0.495 e. The summed E-state index contributed by atoms with van der Waals surface area (Å²) in [5.74, 6) is 0.877. The summed E-state index contributed by atoms with van der Waals surface area (Å²) in [4.78, 5) is 0. The van der Waals surface area contributed by atoms with E-state index in [4.69, 9.17) is 16.3 Å². The number of hydrogen-bond acceptors (Lipinski definition) is 1. The molecule has 0 saturated heterocycles. The van der Waals surface area contributed by atoms with Crippen LogP contribution in [0, 0.1) is 5.82 Å². The first-order valence-corrected chi connectivity index (χ1v) is 15.7. The lowest BCUT2D eigenvalue weighted by Crippen LogP contribution is -2.02. The maximum Gasteiger partial charge on any atom is 0.135 e. The summed E-state index contributed by atoms with van der Waals surface area (Å²) in [7, 11) is 1.73. The van der Waals surface area contributed by atoms with E-state index in [2.05, 4.69) is 78.3 Å². The number of hydrogen-bond donors (Lipinski definition) is 0. The van der Waals surface area contributed by atoms with Crippen LogP contribution in [0.25, 0.3) is 55.6 Å². The van der Waals surface area contributed by atoms with Crippen LogP contribution in [0.2, 0.25) is 5.02 Å². The van der Waals surface area contributed by atoms with Gasteiger partial charge < -0.3 is 4.74 Å². The van der Waals surface area contributed by atoms with Crippen molar-refractivity contribution in [2.45, 2.75) is 19.8 Å². The van der Waals surface area contributed by atoms with Crippen LogP contribution >= 0.6 is 27.5 Å². The number of benzene rings is 6. The average Bonchev–Trinajstić information content (AvgIpc) is 3.05. The molecule has 0 fully saturated rings. The van der Waals surface area contributed by atoms with Crippen molar-refractivity contribution >= 4 is 27.5 Å². The summed E-state index contributed by atoms with van der Waals surface area (Å²) >= 11 is 10.0. The van der Waals surface area contributed by atoms with Crippen LogP contribution in [-0.2, 0) is 0 Å². The van der Waals surface area contributed by atoms with Gasteiger partial charge in [0.2, 0.25) is 0 Å². The number of ether oxygens (including phenoxy) is 1. The van der Waals surface area contributed by atoms with Gasteiger partial charge in [-0.2, -0.15) is 0 Å². The molecule has 0 bridgehead atoms. The van der Waals surface area contributed by atoms with Gasteiger partial charge in [-0.3, -0.25) is 0 Å². The monoisotopic (exact) mass is 660 g/mol. The van der Waals surface area contributed by atoms with Gasteiger partial charge in [-0.1, -0.05) is 132 Å². The van der Waals surface area contributed by atoms with Crippen molar-refractivity contribution < 1.29 is 9.13 Å². The maximum absolute atomic E-state index is 14.4. The molecule has 0 atom stereocenters. The van der Waals surface area contributed by atoms with Gasteiger partial charge in [0.1, 0.15) is 11.6 Å². The first-order valence-electron chi connectivity index (χ1n) is 14.6. The Balaban J connectivity index is 1.87. The standard InChI is InChI=1S/C40H31BrClFO/c1-25(2)26-9-11-30(12-10-26)38-36(27-7-5-4-6-8-27)35(29-17-23-34(43)24-18-29)37(28-13-19-32(41)20-14-28)39(40(38)44-3)31-15-21-33(42)22-16-31/h4-25H,1-3H3. The highest BCUT2D eigenvalue weighted by molar-refractivity contribution is 9.10. The fourth-order valence-electron chi connectivity index (χ4n) is 5.84. The molecule has 44 heavy (non-hydrogen) atoms. The molecule has 4 heteroatoms. The van der Waals surface area contributed by atoms with Crippen LogP contribution in [0.3, 0.4) is 0 Å². The maximum atomic E-state index is 14.4. The Morgan fingerprint density at radius 1 is 0.545 bits per heavy atom. The summed E-state index contributed by atoms with van der Waals surface area (Å²) in [5.41, 5.74) is 11.1. The van der Waals surface area contributed by atoms with E-state index in [0.29, 0.717) is 10.9 Å². The second-order valence-electron chi connectivity index (χ2n) is 11.1. The third kappa shape index (κ3) is 5.83. The van der Waals surface area contributed by atoms with Gasteiger partial charge in [-0.25, -0.2) is 4.39 Å². The van der Waals surface area contributed by atoms with Crippen molar-refractivity contribution in [3.8, 4) is 61.4 Å². The molecule has 1 nitrogen and oxygen atoms in total. The third-order valence-electron chi connectivity index (χ3n) is 7.99. The van der Waals surface area contributed by atoms with E-state index in [1.807, 2.05) is 66.7 Å². The molecule has 0 aliphatic heterocycles. The molecular formula is C40H31BrClFO. The van der Waals surface area contributed by atoms with E-state index in [1.165, 1.54) is 17.7 Å². The topological polar surface area (TPSA) is 9.23 Å². The van der Waals surface area contributed by atoms with Gasteiger partial charge in [0.15, 0.2) is 0 Å². The SMILES string of the molecule is COc1c(-c2ccc(C(C)C)cc2)c(-c2ccccc2)c(-c2ccc(F)cc2)c(-c2ccc(Br)cc2)c1-c1ccc(Cl)cc1. The molecule has 0 heterocycles. The lowest BCUT2D eigenvalue weighted by molar-refractivity contribution is 0.418. The molecule has 6 aromatic rings. The van der Waals surface area contributed by atoms with Crippen molar-refractivity contribution in [3.05, 3.63) is 148 Å². The minimum atomic E-state index is -0.281. The first-order chi connectivity index (χ1) is 21.4. The zero-order valence-electron chi connectivity index (χ0n) is 24.7. The highest BCUT2D eigenvalue weighted by Gasteiger charge is 2.29. The Morgan fingerprint density at radius 2 is 0.955 bits per heavy atom. The Labute approximate surface area is 272 Å². The van der Waals surface area contributed by atoms with Gasteiger partial charge in [0.05, 0.1) is 7.11 Å². The van der Waals surface area contributed by atoms with E-state index in [0.717, 1.165) is 65.9 Å². The Kier molecular flexibility index (Phi) is 8.70. The van der Waals surface area contributed by atoms with E-state index in [1.54, 1.807) is 7.11 Å². The predicted molar refractivity (Wildman–Crippen MR) is 187 cm³/mol. The van der Waals surface area contributed by atoms with Gasteiger partial charge in [-0.15, -0.1) is 0 Å². The summed E-state index contributed by atoms with van der Waals surface area (Å²) in [6, 6.07) is 42.1. The zero-order chi connectivity index (χ0) is 30.8. The van der Waals surface area contributed by atoms with Crippen molar-refractivity contribution in [2.75, 3.05) is 7.11 Å². The van der Waals surface area contributed by atoms with Crippen molar-refractivity contribution in [3.63, 3.8) is 0 Å². The van der Waals surface area contributed by atoms with E-state index >= 15 is 0 Å². The third-order valence-corrected chi connectivity index (χ3v) is 8.77. The van der Waals surface area contributed by atoms with Crippen LogP contribution in [-0.4, -0.2) is 7.11 Å². The Bertz CT molecular complexity index is 1900. The van der Waals surface area contributed by atoms with Crippen LogP contribution in [0.15, 0.2) is 132 Å². The predicted octanol–water partition coefficient (Wildman–Crippen LogP) is 12.7. The lowest BCUT2D eigenvalue weighted by Gasteiger charge is -2.27. The van der Waals surface area contributed by atoms with Crippen LogP contribution in [0.1, 0.15) is 25.3 Å². The van der Waals surface area contributed by atoms with Crippen LogP contribution in [0.5, 0.6) is 5.75 Å². The average molecular weight is 662 g/mol. The normalized spacial score (nSPS) is 11.2. The molecule has 0 aromatic heterocycles. The van der Waals surface area contributed by atoms with Crippen molar-refractivity contribution in [1.29, 1.82) is 0 Å². The van der Waals surface area contributed by atoms with E-state index in [-0.39, 0.29) is 5.82 Å². The van der Waals surface area contributed by atoms with E-state index < -0.39 is 0 Å². The molecule has 0 aliphatic carbocycles. The smallest absolute Gasteiger partial charge is 0.135 e. The molecule has 0 aliphatic rings. The zero-order valence-corrected chi connectivity index (χ0v) is 27.1. The minimum Gasteiger partial charge on any atom is -0.495 e. The molecular weight excluding hydrogens is 631 g/mol. The van der Waals surface area contributed by atoms with Crippen molar-refractivity contribution in [2.24, 2.45) is 0 Å². The fraction of sp³-hybridized carbons (Fsp3) is 0.100. The first kappa shape index (κ1) is 29.9. The highest BCUT2D eigenvalue weighted by atomic mass is 79.9. The van der Waals surface area contributed by atoms with Crippen molar-refractivity contribution in [1.82, 2.24) is 0 Å². The second-order valence-corrected chi connectivity index (χ2v) is 12.4. The molecule has 6 rings (SSSR count). The molecule has 6 aromatic carbocycles. The summed E-state index contributed by atoms with van der Waals surface area (Å²) in [6.07, 6.45) is 0. The van der Waals surface area contributed by atoms with Gasteiger partial charge in [-0.05, 0) is 81.3 Å². The Morgan fingerprint density at radius 3 is 1.45 bits per heavy atom. The summed E-state index contributed by atoms with van der Waals surface area (Å²) in [6.45, 7) is 4.40. The Hall–Kier alpha value is -4.18. The lowest BCUT2D eigenvalue weighted by atomic mass is 9.78. The summed E-state index contributed by atoms with van der Waals surface area (Å²) in [5, 5.41) is 0.655. The van der Waals surface area contributed by atoms with Crippen LogP contribution in [0.4, 0.5) is 4.39 Å². The second kappa shape index (κ2) is 12.8. The highest BCUT2D eigenvalue weighted by Crippen LogP contribution is 2.56. The quantitative estimate of drug-likeness (QED) is 0.165. The minimum absolute atomic E-state index is 0.281. The number of methoxy groups -OCH3 is 1. The summed E-state index contributed by atoms with van der Waals surface area (Å²) < 4.78 is 21.8. The van der Waals surface area contributed by atoms with Gasteiger partial charge in [0.25, 0.3) is 0 Å². The number of halogens is 3. The molecule has 218 valence electrons. The molecule has 0 unspecified atom stereocenters. The molecule has 0 saturated carbocycles. The van der Waals surface area contributed by atoms with Crippen LogP contribution < -0.4 is 4.74 Å². The van der Waals surface area contributed by atoms with Gasteiger partial charge >= 0.3 is 0 Å². The fourth-order valence-corrected chi connectivity index (χ4v) is 6.23. The molecule has 0 amide bonds.